The van der Waals surface area contributed by atoms with Crippen molar-refractivity contribution in [2.24, 2.45) is 0 Å². The number of carbonyl (C=O) groups excluding carboxylic acids is 1. The van der Waals surface area contributed by atoms with E-state index in [0.717, 1.165) is 25.9 Å². The fraction of sp³-hybridized carbons (Fsp3) is 0.500. The maximum absolute atomic E-state index is 12.0. The summed E-state index contributed by atoms with van der Waals surface area (Å²) in [5.74, 6) is 0.0878. The summed E-state index contributed by atoms with van der Waals surface area (Å²) < 4.78 is 0. The predicted octanol–water partition coefficient (Wildman–Crippen LogP) is 2.56. The lowest BCUT2D eigenvalue weighted by Gasteiger charge is -2.35. The maximum Gasteiger partial charge on any atom is 0.237 e. The molecule has 0 aliphatic carbocycles. The van der Waals surface area contributed by atoms with Crippen LogP contribution >= 0.6 is 0 Å². The normalized spacial score (nSPS) is 17.7. The zero-order valence-electron chi connectivity index (χ0n) is 13.6. The van der Waals surface area contributed by atoms with Gasteiger partial charge in [-0.1, -0.05) is 23.8 Å². The van der Waals surface area contributed by atoms with Crippen molar-refractivity contribution in [1.82, 2.24) is 10.2 Å². The second kappa shape index (κ2) is 7.99. The molecule has 1 aliphatic rings. The minimum atomic E-state index is -0.0692. The fourth-order valence-electron chi connectivity index (χ4n) is 2.80. The number of piperidine rings is 1. The van der Waals surface area contributed by atoms with E-state index in [9.17, 15) is 4.79 Å². The SMILES string of the molecule is C=CCNC(=O)[C@@H](C)N1CCC(Nc2ccc(C)cc2)CC1. The first-order valence-corrected chi connectivity index (χ1v) is 8.06. The first-order valence-electron chi connectivity index (χ1n) is 8.06. The Kier molecular flexibility index (Phi) is 6.01. The molecule has 1 aliphatic heterocycles. The highest BCUT2D eigenvalue weighted by molar-refractivity contribution is 5.81. The van der Waals surface area contributed by atoms with E-state index in [1.54, 1.807) is 6.08 Å². The summed E-state index contributed by atoms with van der Waals surface area (Å²) in [7, 11) is 0. The van der Waals surface area contributed by atoms with Crippen LogP contribution in [0.2, 0.25) is 0 Å². The molecule has 1 aromatic rings. The first kappa shape index (κ1) is 16.6. The van der Waals surface area contributed by atoms with Crippen LogP contribution in [0, 0.1) is 6.92 Å². The highest BCUT2D eigenvalue weighted by Gasteiger charge is 2.26. The summed E-state index contributed by atoms with van der Waals surface area (Å²) in [6.45, 7) is 10.1. The van der Waals surface area contributed by atoms with Crippen LogP contribution in [0.3, 0.4) is 0 Å². The van der Waals surface area contributed by atoms with Crippen molar-refractivity contribution in [3.63, 3.8) is 0 Å². The number of nitrogens with zero attached hydrogens (tertiary/aromatic N) is 1. The van der Waals surface area contributed by atoms with E-state index < -0.39 is 0 Å². The third-order valence-electron chi connectivity index (χ3n) is 4.30. The van der Waals surface area contributed by atoms with Crippen LogP contribution in [0.15, 0.2) is 36.9 Å². The van der Waals surface area contributed by atoms with Gasteiger partial charge in [0.1, 0.15) is 0 Å². The standard InChI is InChI=1S/C18H27N3O/c1-4-11-19-18(22)15(3)21-12-9-17(10-13-21)20-16-7-5-14(2)6-8-16/h4-8,15,17,20H,1,9-13H2,2-3H3,(H,19,22)/t15-/m1/s1. The number of hydrogen-bond donors (Lipinski definition) is 2. The number of carbonyl (C=O) groups is 1. The molecule has 0 spiro atoms. The topological polar surface area (TPSA) is 44.4 Å². The van der Waals surface area contributed by atoms with Gasteiger partial charge in [-0.2, -0.15) is 0 Å². The third kappa shape index (κ3) is 4.60. The molecule has 2 N–H and O–H groups in total. The van der Waals surface area contributed by atoms with Gasteiger partial charge in [-0.3, -0.25) is 9.69 Å². The molecule has 4 nitrogen and oxygen atoms in total. The number of likely N-dealkylation sites (tertiary alicyclic amines) is 1. The molecule has 1 atom stereocenters. The average molecular weight is 301 g/mol. The molecule has 1 heterocycles. The quantitative estimate of drug-likeness (QED) is 0.794. The van der Waals surface area contributed by atoms with Crippen LogP contribution in [-0.2, 0) is 4.79 Å². The minimum absolute atomic E-state index is 0.0692. The van der Waals surface area contributed by atoms with E-state index in [2.05, 4.69) is 53.3 Å². The van der Waals surface area contributed by atoms with Crippen LogP contribution < -0.4 is 10.6 Å². The van der Waals surface area contributed by atoms with Gasteiger partial charge in [0.25, 0.3) is 0 Å². The Balaban J connectivity index is 1.78. The van der Waals surface area contributed by atoms with Crippen molar-refractivity contribution in [3.05, 3.63) is 42.5 Å². The van der Waals surface area contributed by atoms with E-state index in [1.807, 2.05) is 6.92 Å². The number of amides is 1. The summed E-state index contributed by atoms with van der Waals surface area (Å²) in [6, 6.07) is 8.94. The minimum Gasteiger partial charge on any atom is -0.382 e. The number of hydrogen-bond acceptors (Lipinski definition) is 3. The highest BCUT2D eigenvalue weighted by atomic mass is 16.2. The first-order chi connectivity index (χ1) is 10.6. The summed E-state index contributed by atoms with van der Waals surface area (Å²) >= 11 is 0. The monoisotopic (exact) mass is 301 g/mol. The van der Waals surface area contributed by atoms with Crippen molar-refractivity contribution in [2.45, 2.75) is 38.8 Å². The van der Waals surface area contributed by atoms with Crippen molar-refractivity contribution in [2.75, 3.05) is 25.0 Å². The van der Waals surface area contributed by atoms with Gasteiger partial charge in [0.15, 0.2) is 0 Å². The van der Waals surface area contributed by atoms with Crippen molar-refractivity contribution in [1.29, 1.82) is 0 Å². The molecule has 0 unspecified atom stereocenters. The van der Waals surface area contributed by atoms with Crippen LogP contribution in [0.5, 0.6) is 0 Å². The summed E-state index contributed by atoms with van der Waals surface area (Å²) in [5, 5.41) is 6.46. The maximum atomic E-state index is 12.0. The van der Waals surface area contributed by atoms with E-state index in [-0.39, 0.29) is 11.9 Å². The van der Waals surface area contributed by atoms with Gasteiger partial charge < -0.3 is 10.6 Å². The number of nitrogens with one attached hydrogen (secondary N) is 2. The van der Waals surface area contributed by atoms with E-state index in [1.165, 1.54) is 11.3 Å². The number of aryl methyl sites for hydroxylation is 1. The molecule has 0 aromatic heterocycles. The van der Waals surface area contributed by atoms with E-state index >= 15 is 0 Å². The molecule has 1 fully saturated rings. The molecule has 1 aromatic carbocycles. The molecule has 1 saturated heterocycles. The predicted molar refractivity (Wildman–Crippen MR) is 92.1 cm³/mol. The summed E-state index contributed by atoms with van der Waals surface area (Å²) in [4.78, 5) is 14.2. The van der Waals surface area contributed by atoms with Crippen LogP contribution in [-0.4, -0.2) is 42.5 Å². The Labute approximate surface area is 133 Å². The second-order valence-electron chi connectivity index (χ2n) is 6.03. The highest BCUT2D eigenvalue weighted by Crippen LogP contribution is 2.18. The average Bonchev–Trinajstić information content (AvgIpc) is 2.55. The number of benzene rings is 1. The van der Waals surface area contributed by atoms with Crippen molar-refractivity contribution >= 4 is 11.6 Å². The Morgan fingerprint density at radius 1 is 1.36 bits per heavy atom. The van der Waals surface area contributed by atoms with Gasteiger partial charge >= 0.3 is 0 Å². The number of anilines is 1. The van der Waals surface area contributed by atoms with E-state index in [4.69, 9.17) is 0 Å². The van der Waals surface area contributed by atoms with E-state index in [0.29, 0.717) is 12.6 Å². The summed E-state index contributed by atoms with van der Waals surface area (Å²) in [5.41, 5.74) is 2.46. The Morgan fingerprint density at radius 3 is 2.59 bits per heavy atom. The number of rotatable bonds is 6. The lowest BCUT2D eigenvalue weighted by atomic mass is 10.0. The Hall–Kier alpha value is -1.81. The largest absolute Gasteiger partial charge is 0.382 e. The van der Waals surface area contributed by atoms with Crippen molar-refractivity contribution < 1.29 is 4.79 Å². The summed E-state index contributed by atoms with van der Waals surface area (Å²) in [6.07, 6.45) is 3.84. The van der Waals surface area contributed by atoms with Gasteiger partial charge in [0.05, 0.1) is 6.04 Å². The fourth-order valence-corrected chi connectivity index (χ4v) is 2.80. The van der Waals surface area contributed by atoms with Gasteiger partial charge in [0, 0.05) is 31.4 Å². The molecule has 2 rings (SSSR count). The molecule has 22 heavy (non-hydrogen) atoms. The van der Waals surface area contributed by atoms with Crippen LogP contribution in [0.4, 0.5) is 5.69 Å². The van der Waals surface area contributed by atoms with Gasteiger partial charge in [-0.15, -0.1) is 6.58 Å². The van der Waals surface area contributed by atoms with Gasteiger partial charge in [-0.25, -0.2) is 0 Å². The molecule has 0 saturated carbocycles. The molecular formula is C18H27N3O. The van der Waals surface area contributed by atoms with Crippen LogP contribution in [0.25, 0.3) is 0 Å². The molecule has 1 amide bonds. The zero-order valence-corrected chi connectivity index (χ0v) is 13.6. The van der Waals surface area contributed by atoms with Crippen LogP contribution in [0.1, 0.15) is 25.3 Å². The zero-order chi connectivity index (χ0) is 15.9. The molecule has 0 radical (unpaired) electrons. The lowest BCUT2D eigenvalue weighted by Crippen LogP contribution is -2.49. The Morgan fingerprint density at radius 2 is 2.00 bits per heavy atom. The second-order valence-corrected chi connectivity index (χ2v) is 6.03. The third-order valence-corrected chi connectivity index (χ3v) is 4.30. The molecular weight excluding hydrogens is 274 g/mol. The van der Waals surface area contributed by atoms with Gasteiger partial charge in [0.2, 0.25) is 5.91 Å². The molecule has 120 valence electrons. The molecule has 0 bridgehead atoms. The smallest absolute Gasteiger partial charge is 0.237 e. The van der Waals surface area contributed by atoms with Crippen molar-refractivity contribution in [3.8, 4) is 0 Å². The van der Waals surface area contributed by atoms with Gasteiger partial charge in [-0.05, 0) is 38.8 Å². The lowest BCUT2D eigenvalue weighted by molar-refractivity contribution is -0.126. The Bertz CT molecular complexity index is 490. The molecule has 4 heteroatoms.